The normalized spacial score (nSPS) is 42.0. The number of rotatable bonds is 2. The molecule has 0 bridgehead atoms. The first kappa shape index (κ1) is 11.8. The third-order valence-corrected chi connectivity index (χ3v) is 6.07. The van der Waals surface area contributed by atoms with E-state index in [0.29, 0.717) is 5.41 Å². The van der Waals surface area contributed by atoms with E-state index in [-0.39, 0.29) is 0 Å². The lowest BCUT2D eigenvalue weighted by atomic mass is 9.64. The van der Waals surface area contributed by atoms with E-state index in [9.17, 15) is 0 Å². The van der Waals surface area contributed by atoms with Gasteiger partial charge in [0, 0.05) is 5.25 Å². The van der Waals surface area contributed by atoms with Gasteiger partial charge in [-0.05, 0) is 55.9 Å². The minimum absolute atomic E-state index is 0.685. The van der Waals surface area contributed by atoms with Crippen LogP contribution in [0.4, 0.5) is 0 Å². The number of nitrogens with one attached hydrogen (secondary N) is 1. The first-order valence-electron chi connectivity index (χ1n) is 6.62. The Hall–Kier alpha value is 0.310. The molecular formula is C13H25NS. The van der Waals surface area contributed by atoms with Crippen LogP contribution >= 0.6 is 11.8 Å². The topological polar surface area (TPSA) is 12.0 Å². The quantitative estimate of drug-likeness (QED) is 0.777. The van der Waals surface area contributed by atoms with Gasteiger partial charge in [-0.1, -0.05) is 20.3 Å². The zero-order valence-corrected chi connectivity index (χ0v) is 11.0. The van der Waals surface area contributed by atoms with E-state index < -0.39 is 0 Å². The van der Waals surface area contributed by atoms with Crippen molar-refractivity contribution in [3.63, 3.8) is 0 Å². The van der Waals surface area contributed by atoms with Crippen LogP contribution in [0.3, 0.4) is 0 Å². The van der Waals surface area contributed by atoms with E-state index in [4.69, 9.17) is 0 Å². The number of hydrogen-bond donors (Lipinski definition) is 1. The van der Waals surface area contributed by atoms with Crippen molar-refractivity contribution in [3.8, 4) is 0 Å². The molecule has 2 rings (SSSR count). The minimum atomic E-state index is 0.685. The molecular weight excluding hydrogens is 202 g/mol. The van der Waals surface area contributed by atoms with Crippen molar-refractivity contribution in [3.05, 3.63) is 0 Å². The van der Waals surface area contributed by atoms with E-state index in [1.165, 1.54) is 50.9 Å². The summed E-state index contributed by atoms with van der Waals surface area (Å²) >= 11 is 2.23. The summed E-state index contributed by atoms with van der Waals surface area (Å²) in [6.07, 6.45) is 7.15. The average Bonchev–Trinajstić information content (AvgIpc) is 2.26. The second-order valence-corrected chi connectivity index (χ2v) is 6.74. The van der Waals surface area contributed by atoms with Crippen LogP contribution in [0.15, 0.2) is 0 Å². The Morgan fingerprint density at radius 1 is 1.40 bits per heavy atom. The molecule has 0 saturated carbocycles. The molecule has 2 saturated heterocycles. The SMILES string of the molecule is CCCC1CNCCC12CCCSC2C. The Balaban J connectivity index is 2.12. The summed E-state index contributed by atoms with van der Waals surface area (Å²) in [6, 6.07) is 0. The fourth-order valence-electron chi connectivity index (χ4n) is 3.64. The maximum Gasteiger partial charge on any atom is 0.00787 e. The van der Waals surface area contributed by atoms with Crippen LogP contribution in [0, 0.1) is 11.3 Å². The van der Waals surface area contributed by atoms with Gasteiger partial charge >= 0.3 is 0 Å². The van der Waals surface area contributed by atoms with Gasteiger partial charge in [0.05, 0.1) is 0 Å². The molecule has 2 aliphatic rings. The highest BCUT2D eigenvalue weighted by molar-refractivity contribution is 7.99. The molecule has 0 aromatic heterocycles. The highest BCUT2D eigenvalue weighted by Gasteiger charge is 2.45. The van der Waals surface area contributed by atoms with Crippen molar-refractivity contribution in [2.24, 2.45) is 11.3 Å². The average molecular weight is 227 g/mol. The first-order valence-corrected chi connectivity index (χ1v) is 7.67. The maximum absolute atomic E-state index is 3.60. The zero-order chi connectivity index (χ0) is 10.7. The van der Waals surface area contributed by atoms with Gasteiger partial charge in [0.25, 0.3) is 0 Å². The Morgan fingerprint density at radius 3 is 3.00 bits per heavy atom. The lowest BCUT2D eigenvalue weighted by molar-refractivity contribution is 0.0841. The Morgan fingerprint density at radius 2 is 2.27 bits per heavy atom. The molecule has 0 radical (unpaired) electrons. The Kier molecular flexibility index (Phi) is 4.00. The van der Waals surface area contributed by atoms with Gasteiger partial charge in [-0.2, -0.15) is 11.8 Å². The van der Waals surface area contributed by atoms with E-state index in [0.717, 1.165) is 11.2 Å². The van der Waals surface area contributed by atoms with Crippen LogP contribution in [0.2, 0.25) is 0 Å². The van der Waals surface area contributed by atoms with Gasteiger partial charge in [-0.3, -0.25) is 0 Å². The molecule has 3 atom stereocenters. The molecule has 2 heterocycles. The summed E-state index contributed by atoms with van der Waals surface area (Å²) in [5.41, 5.74) is 0.685. The van der Waals surface area contributed by atoms with Crippen LogP contribution in [-0.2, 0) is 0 Å². The molecule has 1 nitrogen and oxygen atoms in total. The van der Waals surface area contributed by atoms with Crippen molar-refractivity contribution < 1.29 is 0 Å². The highest BCUT2D eigenvalue weighted by Crippen LogP contribution is 2.51. The van der Waals surface area contributed by atoms with Crippen LogP contribution < -0.4 is 5.32 Å². The molecule has 2 fully saturated rings. The largest absolute Gasteiger partial charge is 0.316 e. The van der Waals surface area contributed by atoms with Crippen LogP contribution in [0.1, 0.15) is 46.0 Å². The monoisotopic (exact) mass is 227 g/mol. The van der Waals surface area contributed by atoms with Crippen LogP contribution in [-0.4, -0.2) is 24.1 Å². The van der Waals surface area contributed by atoms with Gasteiger partial charge in [-0.15, -0.1) is 0 Å². The zero-order valence-electron chi connectivity index (χ0n) is 10.2. The molecule has 0 aromatic carbocycles. The summed E-state index contributed by atoms with van der Waals surface area (Å²) in [4.78, 5) is 0. The predicted molar refractivity (Wildman–Crippen MR) is 69.5 cm³/mol. The first-order chi connectivity index (χ1) is 7.29. The summed E-state index contributed by atoms with van der Waals surface area (Å²) in [6.45, 7) is 7.35. The second-order valence-electron chi connectivity index (χ2n) is 5.29. The summed E-state index contributed by atoms with van der Waals surface area (Å²) in [5, 5.41) is 4.50. The van der Waals surface area contributed by atoms with Gasteiger partial charge in [0.1, 0.15) is 0 Å². The van der Waals surface area contributed by atoms with Gasteiger partial charge in [-0.25, -0.2) is 0 Å². The lowest BCUT2D eigenvalue weighted by Crippen LogP contribution is -2.51. The van der Waals surface area contributed by atoms with Crippen molar-refractivity contribution in [2.45, 2.75) is 51.2 Å². The molecule has 0 aromatic rings. The smallest absolute Gasteiger partial charge is 0.00787 e. The highest BCUT2D eigenvalue weighted by atomic mass is 32.2. The van der Waals surface area contributed by atoms with Gasteiger partial charge in [0.2, 0.25) is 0 Å². The lowest BCUT2D eigenvalue weighted by Gasteiger charge is -2.51. The maximum atomic E-state index is 3.60. The fourth-order valence-corrected chi connectivity index (χ4v) is 5.06. The molecule has 88 valence electrons. The summed E-state index contributed by atoms with van der Waals surface area (Å²) < 4.78 is 0. The van der Waals surface area contributed by atoms with E-state index >= 15 is 0 Å². The van der Waals surface area contributed by atoms with E-state index in [1.807, 2.05) is 0 Å². The Labute approximate surface area is 98.8 Å². The predicted octanol–water partition coefficient (Wildman–Crippen LogP) is 3.30. The van der Waals surface area contributed by atoms with E-state index in [1.54, 1.807) is 0 Å². The minimum Gasteiger partial charge on any atom is -0.316 e. The third kappa shape index (κ3) is 2.21. The standard InChI is InChI=1S/C13H25NS/c1-3-5-12-10-14-8-7-13(12)6-4-9-15-11(13)2/h11-12,14H,3-10H2,1-2H3. The molecule has 0 aliphatic carbocycles. The van der Waals surface area contributed by atoms with Crippen molar-refractivity contribution in [2.75, 3.05) is 18.8 Å². The Bertz CT molecular complexity index is 199. The summed E-state index contributed by atoms with van der Waals surface area (Å²) in [7, 11) is 0. The molecule has 1 spiro atoms. The van der Waals surface area contributed by atoms with Gasteiger partial charge in [0.15, 0.2) is 0 Å². The van der Waals surface area contributed by atoms with Crippen molar-refractivity contribution >= 4 is 11.8 Å². The molecule has 2 heteroatoms. The van der Waals surface area contributed by atoms with Gasteiger partial charge < -0.3 is 5.32 Å². The van der Waals surface area contributed by atoms with Crippen LogP contribution in [0.5, 0.6) is 0 Å². The molecule has 3 unspecified atom stereocenters. The third-order valence-electron chi connectivity index (χ3n) is 4.57. The molecule has 1 N–H and O–H groups in total. The number of thioether (sulfide) groups is 1. The second kappa shape index (κ2) is 5.09. The summed E-state index contributed by atoms with van der Waals surface area (Å²) in [5.74, 6) is 2.34. The van der Waals surface area contributed by atoms with Crippen molar-refractivity contribution in [1.29, 1.82) is 0 Å². The molecule has 2 aliphatic heterocycles. The number of hydrogen-bond acceptors (Lipinski definition) is 2. The molecule has 0 amide bonds. The molecule has 15 heavy (non-hydrogen) atoms. The van der Waals surface area contributed by atoms with E-state index in [2.05, 4.69) is 30.9 Å². The number of piperidine rings is 1. The van der Waals surface area contributed by atoms with Crippen LogP contribution in [0.25, 0.3) is 0 Å². The fraction of sp³-hybridized carbons (Fsp3) is 1.00. The van der Waals surface area contributed by atoms with Crippen molar-refractivity contribution in [1.82, 2.24) is 5.32 Å².